The zero-order chi connectivity index (χ0) is 19.7. The first-order valence-corrected chi connectivity index (χ1v) is 10.0. The maximum atomic E-state index is 12.5. The number of hydrogen-bond acceptors (Lipinski definition) is 5. The van der Waals surface area contributed by atoms with Crippen LogP contribution in [0.5, 0.6) is 11.5 Å². The summed E-state index contributed by atoms with van der Waals surface area (Å²) in [6, 6.07) is 13.8. The van der Waals surface area contributed by atoms with E-state index in [-0.39, 0.29) is 12.5 Å². The molecule has 2 aromatic carbocycles. The van der Waals surface area contributed by atoms with Crippen LogP contribution in [0.1, 0.15) is 15.4 Å². The van der Waals surface area contributed by atoms with Crippen molar-refractivity contribution in [2.45, 2.75) is 20.8 Å². The number of ether oxygens (including phenoxy) is 2. The predicted molar refractivity (Wildman–Crippen MR) is 112 cm³/mol. The lowest BCUT2D eigenvalue weighted by Gasteiger charge is -2.29. The van der Waals surface area contributed by atoms with Crippen LogP contribution in [0.3, 0.4) is 0 Å². The van der Waals surface area contributed by atoms with Gasteiger partial charge in [0.15, 0.2) is 6.61 Å². The van der Waals surface area contributed by atoms with Gasteiger partial charge < -0.3 is 14.4 Å². The lowest BCUT2D eigenvalue weighted by atomic mass is 10.1. The van der Waals surface area contributed by atoms with Gasteiger partial charge in [-0.15, -0.1) is 11.3 Å². The first kappa shape index (κ1) is 18.5. The number of aromatic nitrogens is 1. The van der Waals surface area contributed by atoms with Crippen LogP contribution in [0.2, 0.25) is 0 Å². The molecule has 5 nitrogen and oxygen atoms in total. The summed E-state index contributed by atoms with van der Waals surface area (Å²) in [5.41, 5.74) is 3.90. The minimum atomic E-state index is -0.0664. The minimum Gasteiger partial charge on any atom is -0.492 e. The van der Waals surface area contributed by atoms with E-state index in [1.165, 1.54) is 5.56 Å². The van der Waals surface area contributed by atoms with Gasteiger partial charge in [-0.3, -0.25) is 4.79 Å². The Morgan fingerprint density at radius 1 is 1.14 bits per heavy atom. The number of benzene rings is 2. The minimum absolute atomic E-state index is 0.0473. The highest BCUT2D eigenvalue weighted by molar-refractivity contribution is 7.11. The highest BCUT2D eigenvalue weighted by Crippen LogP contribution is 2.37. The van der Waals surface area contributed by atoms with Crippen molar-refractivity contribution in [3.63, 3.8) is 0 Å². The van der Waals surface area contributed by atoms with Crippen molar-refractivity contribution in [2.75, 3.05) is 24.7 Å². The number of nitrogens with zero attached hydrogens (tertiary/aromatic N) is 2. The molecule has 4 rings (SSSR count). The second-order valence-corrected chi connectivity index (χ2v) is 8.22. The lowest BCUT2D eigenvalue weighted by molar-refractivity contribution is -0.121. The van der Waals surface area contributed by atoms with Gasteiger partial charge in [0.25, 0.3) is 5.91 Å². The molecule has 0 radical (unpaired) electrons. The molecule has 1 aromatic heterocycles. The molecule has 0 unspecified atom stereocenters. The maximum Gasteiger partial charge on any atom is 0.265 e. The number of fused-ring (bicyclic) bond motifs is 1. The van der Waals surface area contributed by atoms with Crippen molar-refractivity contribution in [3.05, 3.63) is 57.9 Å². The number of carbonyl (C=O) groups excluding carboxylic acids is 1. The number of anilines is 1. The Kier molecular flexibility index (Phi) is 5.05. The molecule has 0 saturated carbocycles. The van der Waals surface area contributed by atoms with E-state index in [0.29, 0.717) is 18.9 Å². The molecule has 28 heavy (non-hydrogen) atoms. The van der Waals surface area contributed by atoms with Crippen molar-refractivity contribution in [1.29, 1.82) is 0 Å². The smallest absolute Gasteiger partial charge is 0.265 e. The molecule has 2 heterocycles. The number of amides is 1. The first-order valence-electron chi connectivity index (χ1n) is 9.22. The van der Waals surface area contributed by atoms with E-state index in [2.05, 4.69) is 11.9 Å². The third-order valence-electron chi connectivity index (χ3n) is 4.68. The zero-order valence-electron chi connectivity index (χ0n) is 16.2. The highest BCUT2D eigenvalue weighted by Gasteiger charge is 2.26. The van der Waals surface area contributed by atoms with E-state index in [9.17, 15) is 4.79 Å². The van der Waals surface area contributed by atoms with E-state index in [1.807, 2.05) is 56.3 Å². The van der Waals surface area contributed by atoms with Crippen LogP contribution in [0.4, 0.5) is 5.69 Å². The molecule has 0 saturated heterocycles. The zero-order valence-corrected chi connectivity index (χ0v) is 17.0. The van der Waals surface area contributed by atoms with Gasteiger partial charge in [0.2, 0.25) is 0 Å². The second-order valence-electron chi connectivity index (χ2n) is 6.82. The standard InChI is InChI=1S/C22H22N2O3S/c1-14-4-7-18(8-5-14)26-11-10-24-19-12-17(22-15(2)28-16(3)23-22)6-9-20(19)27-13-21(24)25/h4-9,12H,10-11,13H2,1-3H3. The summed E-state index contributed by atoms with van der Waals surface area (Å²) < 4.78 is 11.4. The van der Waals surface area contributed by atoms with Crippen molar-refractivity contribution < 1.29 is 14.3 Å². The highest BCUT2D eigenvalue weighted by atomic mass is 32.1. The molecule has 1 aliphatic rings. The molecule has 0 aliphatic carbocycles. The fourth-order valence-electron chi connectivity index (χ4n) is 3.28. The summed E-state index contributed by atoms with van der Waals surface area (Å²) in [4.78, 5) is 20.0. The molecule has 0 bridgehead atoms. The van der Waals surface area contributed by atoms with Crippen LogP contribution >= 0.6 is 11.3 Å². The van der Waals surface area contributed by atoms with Gasteiger partial charge in [-0.1, -0.05) is 17.7 Å². The van der Waals surface area contributed by atoms with Gasteiger partial charge in [-0.2, -0.15) is 0 Å². The van der Waals surface area contributed by atoms with Gasteiger partial charge in [0.1, 0.15) is 18.1 Å². The quantitative estimate of drug-likeness (QED) is 0.638. The monoisotopic (exact) mass is 394 g/mol. The van der Waals surface area contributed by atoms with Crippen molar-refractivity contribution >= 4 is 22.9 Å². The third-order valence-corrected chi connectivity index (χ3v) is 5.57. The van der Waals surface area contributed by atoms with Gasteiger partial charge >= 0.3 is 0 Å². The Balaban J connectivity index is 1.55. The molecule has 1 aliphatic heterocycles. The Bertz CT molecular complexity index is 1010. The van der Waals surface area contributed by atoms with E-state index < -0.39 is 0 Å². The Labute approximate surface area is 168 Å². The number of aryl methyl sites for hydroxylation is 3. The molecule has 1 amide bonds. The number of rotatable bonds is 5. The molecule has 0 atom stereocenters. The Hall–Kier alpha value is -2.86. The number of carbonyl (C=O) groups is 1. The van der Waals surface area contributed by atoms with Crippen molar-refractivity contribution in [3.8, 4) is 22.8 Å². The van der Waals surface area contributed by atoms with Gasteiger partial charge in [-0.25, -0.2) is 4.98 Å². The van der Waals surface area contributed by atoms with Crippen LogP contribution in [-0.4, -0.2) is 30.6 Å². The van der Waals surface area contributed by atoms with Gasteiger partial charge in [-0.05, 0) is 51.1 Å². The largest absolute Gasteiger partial charge is 0.492 e. The van der Waals surface area contributed by atoms with E-state index >= 15 is 0 Å². The normalized spacial score (nSPS) is 13.2. The molecule has 144 valence electrons. The molecule has 0 fully saturated rings. The molecular formula is C22H22N2O3S. The Morgan fingerprint density at radius 3 is 2.64 bits per heavy atom. The average Bonchev–Trinajstić information content (AvgIpc) is 3.03. The molecule has 6 heteroatoms. The van der Waals surface area contributed by atoms with Gasteiger partial charge in [0, 0.05) is 10.4 Å². The van der Waals surface area contributed by atoms with Crippen LogP contribution in [0, 0.1) is 20.8 Å². The molecular weight excluding hydrogens is 372 g/mol. The summed E-state index contributed by atoms with van der Waals surface area (Å²) in [6.07, 6.45) is 0. The average molecular weight is 394 g/mol. The molecule has 3 aromatic rings. The number of thiazole rings is 1. The topological polar surface area (TPSA) is 51.7 Å². The van der Waals surface area contributed by atoms with Crippen LogP contribution in [-0.2, 0) is 4.79 Å². The number of hydrogen-bond donors (Lipinski definition) is 0. The van der Waals surface area contributed by atoms with Crippen LogP contribution in [0.15, 0.2) is 42.5 Å². The predicted octanol–water partition coefficient (Wildman–Crippen LogP) is 4.54. The Morgan fingerprint density at radius 2 is 1.93 bits per heavy atom. The van der Waals surface area contributed by atoms with Crippen molar-refractivity contribution in [2.24, 2.45) is 0 Å². The lowest BCUT2D eigenvalue weighted by Crippen LogP contribution is -2.41. The second kappa shape index (κ2) is 7.64. The SMILES string of the molecule is Cc1ccc(OCCN2C(=O)COc3ccc(-c4nc(C)sc4C)cc32)cc1. The van der Waals surface area contributed by atoms with E-state index in [4.69, 9.17) is 9.47 Å². The van der Waals surface area contributed by atoms with E-state index in [1.54, 1.807) is 16.2 Å². The first-order chi connectivity index (χ1) is 13.5. The van der Waals surface area contributed by atoms with Crippen molar-refractivity contribution in [1.82, 2.24) is 4.98 Å². The third kappa shape index (κ3) is 3.73. The summed E-state index contributed by atoms with van der Waals surface area (Å²) in [5, 5.41) is 1.03. The summed E-state index contributed by atoms with van der Waals surface area (Å²) in [5.74, 6) is 1.44. The van der Waals surface area contributed by atoms with E-state index in [0.717, 1.165) is 32.6 Å². The summed E-state index contributed by atoms with van der Waals surface area (Å²) in [6.45, 7) is 7.02. The summed E-state index contributed by atoms with van der Waals surface area (Å²) >= 11 is 1.67. The maximum absolute atomic E-state index is 12.5. The fraction of sp³-hybridized carbons (Fsp3) is 0.273. The van der Waals surface area contributed by atoms with Gasteiger partial charge in [0.05, 0.1) is 22.9 Å². The fourth-order valence-corrected chi connectivity index (χ4v) is 4.12. The molecule has 0 N–H and O–H groups in total. The van der Waals surface area contributed by atoms with Crippen LogP contribution in [0.25, 0.3) is 11.3 Å². The summed E-state index contributed by atoms with van der Waals surface area (Å²) in [7, 11) is 0. The van der Waals surface area contributed by atoms with Crippen LogP contribution < -0.4 is 14.4 Å². The molecule has 0 spiro atoms.